The van der Waals surface area contributed by atoms with Gasteiger partial charge in [0, 0.05) is 18.8 Å². The molecule has 0 spiro atoms. The number of carbonyl (C=O) groups excluding carboxylic acids is 2. The summed E-state index contributed by atoms with van der Waals surface area (Å²) in [5.41, 5.74) is 3.12. The highest BCUT2D eigenvalue weighted by atomic mass is 16.5. The molecule has 3 N–H and O–H groups in total. The highest BCUT2D eigenvalue weighted by molar-refractivity contribution is 5.90. The van der Waals surface area contributed by atoms with Crippen LogP contribution >= 0.6 is 0 Å². The Labute approximate surface area is 171 Å². The van der Waals surface area contributed by atoms with Gasteiger partial charge in [-0.05, 0) is 62.1 Å². The fraction of sp³-hybridized carbons (Fsp3) is 0.591. The van der Waals surface area contributed by atoms with Crippen LogP contribution < -0.4 is 10.8 Å². The van der Waals surface area contributed by atoms with Crippen molar-refractivity contribution in [2.45, 2.75) is 76.5 Å². The van der Waals surface area contributed by atoms with Gasteiger partial charge >= 0.3 is 5.97 Å². The third kappa shape index (κ3) is 6.65. The maximum atomic E-state index is 12.9. The van der Waals surface area contributed by atoms with E-state index in [1.807, 2.05) is 12.1 Å². The van der Waals surface area contributed by atoms with Crippen LogP contribution in [0.3, 0.4) is 0 Å². The normalized spacial score (nSPS) is 19.3. The first-order chi connectivity index (χ1) is 14.2. The van der Waals surface area contributed by atoms with Crippen LogP contribution in [0.15, 0.2) is 24.4 Å². The molecule has 0 aliphatic heterocycles. The monoisotopic (exact) mass is 401 g/mol. The number of nitrogens with one attached hydrogen (secondary N) is 2. The van der Waals surface area contributed by atoms with Crippen LogP contribution in [0.4, 0.5) is 0 Å². The second kappa shape index (κ2) is 11.1. The predicted octanol–water partition coefficient (Wildman–Crippen LogP) is 3.12. The summed E-state index contributed by atoms with van der Waals surface area (Å²) in [6, 6.07) is 3.42. The highest BCUT2D eigenvalue weighted by Crippen LogP contribution is 2.29. The van der Waals surface area contributed by atoms with Gasteiger partial charge in [-0.1, -0.05) is 25.3 Å². The molecule has 29 heavy (non-hydrogen) atoms. The second-order valence-corrected chi connectivity index (χ2v) is 7.99. The molecule has 0 saturated heterocycles. The van der Waals surface area contributed by atoms with Crippen molar-refractivity contribution >= 4 is 18.0 Å². The lowest BCUT2D eigenvalue weighted by molar-refractivity contribution is -0.153. The van der Waals surface area contributed by atoms with Crippen molar-refractivity contribution in [3.8, 4) is 0 Å². The molecule has 2 fully saturated rings. The number of rotatable bonds is 8. The molecule has 3 rings (SSSR count). The van der Waals surface area contributed by atoms with Gasteiger partial charge in [0.25, 0.3) is 5.91 Å². The van der Waals surface area contributed by atoms with Gasteiger partial charge in [-0.15, -0.1) is 0 Å². The van der Waals surface area contributed by atoms with Crippen LogP contribution in [0.1, 0.15) is 69.0 Å². The number of hydroxylamine groups is 1. The lowest BCUT2D eigenvalue weighted by atomic mass is 9.84. The Kier molecular flexibility index (Phi) is 8.19. The van der Waals surface area contributed by atoms with E-state index in [-0.39, 0.29) is 18.1 Å². The molecule has 0 bridgehead atoms. The topological polar surface area (TPSA) is 101 Å². The van der Waals surface area contributed by atoms with Crippen molar-refractivity contribution in [1.82, 2.24) is 15.8 Å². The van der Waals surface area contributed by atoms with Crippen molar-refractivity contribution in [2.24, 2.45) is 5.92 Å². The summed E-state index contributed by atoms with van der Waals surface area (Å²) in [5.74, 6) is -0.387. The number of aromatic nitrogens is 1. The van der Waals surface area contributed by atoms with Crippen LogP contribution in [0.2, 0.25) is 0 Å². The summed E-state index contributed by atoms with van der Waals surface area (Å²) in [6.07, 6.45) is 14.5. The Morgan fingerprint density at radius 1 is 1.14 bits per heavy atom. The number of carbonyl (C=O) groups is 2. The summed E-state index contributed by atoms with van der Waals surface area (Å²) in [7, 11) is 0. The van der Waals surface area contributed by atoms with Crippen LogP contribution in [0, 0.1) is 5.92 Å². The number of hydrogen-bond donors (Lipinski definition) is 3. The van der Waals surface area contributed by atoms with Crippen LogP contribution in [-0.4, -0.2) is 34.2 Å². The third-order valence-corrected chi connectivity index (χ3v) is 5.85. The zero-order valence-corrected chi connectivity index (χ0v) is 16.8. The lowest BCUT2D eigenvalue weighted by Crippen LogP contribution is -2.45. The largest absolute Gasteiger partial charge is 0.461 e. The summed E-state index contributed by atoms with van der Waals surface area (Å²) >= 11 is 0. The minimum atomic E-state index is -0.591. The first-order valence-corrected chi connectivity index (χ1v) is 10.7. The number of amides is 1. The number of ether oxygens (including phenoxy) is 1. The van der Waals surface area contributed by atoms with Gasteiger partial charge in [0.2, 0.25) is 0 Å². The van der Waals surface area contributed by atoms with Gasteiger partial charge in [-0.25, -0.2) is 5.48 Å². The molecule has 1 atom stereocenters. The molecule has 158 valence electrons. The molecule has 1 aromatic rings. The fourth-order valence-corrected chi connectivity index (χ4v) is 4.22. The highest BCUT2D eigenvalue weighted by Gasteiger charge is 2.32. The third-order valence-electron chi connectivity index (χ3n) is 5.85. The molecule has 0 unspecified atom stereocenters. The number of pyridine rings is 1. The molecule has 0 radical (unpaired) electrons. The molecule has 1 amide bonds. The van der Waals surface area contributed by atoms with Crippen LogP contribution in [0.5, 0.6) is 0 Å². The Balaban J connectivity index is 1.58. The molecule has 1 aromatic heterocycles. The van der Waals surface area contributed by atoms with E-state index in [1.54, 1.807) is 17.8 Å². The molecule has 1 heterocycles. The maximum Gasteiger partial charge on any atom is 0.323 e. The van der Waals surface area contributed by atoms with E-state index in [9.17, 15) is 9.59 Å². The van der Waals surface area contributed by atoms with Gasteiger partial charge in [0.05, 0.1) is 5.69 Å². The van der Waals surface area contributed by atoms with Gasteiger partial charge in [-0.2, -0.15) is 0 Å². The van der Waals surface area contributed by atoms with Gasteiger partial charge in [-0.3, -0.25) is 25.1 Å². The molecule has 2 aliphatic rings. The lowest BCUT2D eigenvalue weighted by Gasteiger charge is -2.30. The molecule has 2 saturated carbocycles. The quantitative estimate of drug-likeness (QED) is 0.268. The molecular formula is C22H31N3O4. The van der Waals surface area contributed by atoms with Crippen LogP contribution in [0.25, 0.3) is 6.08 Å². The summed E-state index contributed by atoms with van der Waals surface area (Å²) < 4.78 is 5.81. The van der Waals surface area contributed by atoms with E-state index >= 15 is 0 Å². The minimum Gasteiger partial charge on any atom is -0.461 e. The van der Waals surface area contributed by atoms with Crippen molar-refractivity contribution in [2.75, 3.05) is 0 Å². The zero-order valence-electron chi connectivity index (χ0n) is 16.8. The molecule has 7 nitrogen and oxygen atoms in total. The molecule has 7 heteroatoms. The number of hydrogen-bond acceptors (Lipinski definition) is 6. The number of esters is 1. The van der Waals surface area contributed by atoms with Crippen LogP contribution in [-0.2, 0) is 20.9 Å². The predicted molar refractivity (Wildman–Crippen MR) is 109 cm³/mol. The molecular weight excluding hydrogens is 370 g/mol. The first-order valence-electron chi connectivity index (χ1n) is 10.7. The second-order valence-electron chi connectivity index (χ2n) is 7.99. The van der Waals surface area contributed by atoms with Crippen molar-refractivity contribution in [3.63, 3.8) is 0 Å². The van der Waals surface area contributed by atoms with Gasteiger partial charge < -0.3 is 4.74 Å². The standard InChI is InChI=1S/C22H31N3O4/c26-20(25-28)13-11-16-10-12-18(23-14-16)15-24-21(17-6-2-1-3-7-17)22(27)29-19-8-4-5-9-19/h10-14,17,19,21,24,28H,1-9,15H2,(H,25,26)/t21-/m0/s1. The van der Waals surface area contributed by atoms with Crippen molar-refractivity contribution in [3.05, 3.63) is 35.7 Å². The smallest absolute Gasteiger partial charge is 0.323 e. The Morgan fingerprint density at radius 2 is 1.86 bits per heavy atom. The Hall–Kier alpha value is -2.25. The van der Waals surface area contributed by atoms with E-state index < -0.39 is 5.91 Å². The average Bonchev–Trinajstić information content (AvgIpc) is 3.26. The Bertz CT molecular complexity index is 693. The summed E-state index contributed by atoms with van der Waals surface area (Å²) in [6.45, 7) is 0.488. The average molecular weight is 402 g/mol. The Morgan fingerprint density at radius 3 is 2.52 bits per heavy atom. The van der Waals surface area contributed by atoms with Crippen molar-refractivity contribution < 1.29 is 19.5 Å². The number of nitrogens with zero attached hydrogens (tertiary/aromatic N) is 1. The minimum absolute atomic E-state index is 0.0794. The van der Waals surface area contributed by atoms with E-state index in [0.717, 1.165) is 49.8 Å². The van der Waals surface area contributed by atoms with Gasteiger partial charge in [0.15, 0.2) is 0 Å². The summed E-state index contributed by atoms with van der Waals surface area (Å²) in [5, 5.41) is 11.9. The van der Waals surface area contributed by atoms with E-state index in [2.05, 4.69) is 10.3 Å². The fourth-order valence-electron chi connectivity index (χ4n) is 4.22. The van der Waals surface area contributed by atoms with E-state index in [4.69, 9.17) is 9.94 Å². The first kappa shape index (κ1) is 21.5. The summed E-state index contributed by atoms with van der Waals surface area (Å²) in [4.78, 5) is 28.3. The van der Waals surface area contributed by atoms with Crippen molar-refractivity contribution in [1.29, 1.82) is 0 Å². The van der Waals surface area contributed by atoms with Gasteiger partial charge in [0.1, 0.15) is 12.1 Å². The van der Waals surface area contributed by atoms with E-state index in [0.29, 0.717) is 12.5 Å². The molecule has 2 aliphatic carbocycles. The van der Waals surface area contributed by atoms with E-state index in [1.165, 1.54) is 25.3 Å². The molecule has 0 aromatic carbocycles. The maximum absolute atomic E-state index is 12.9. The zero-order chi connectivity index (χ0) is 20.5. The SMILES string of the molecule is O=C(C=Cc1ccc(CN[C@H](C(=O)OC2CCCC2)C2CCCCC2)nc1)NO.